The highest BCUT2D eigenvalue weighted by Gasteiger charge is 2.24. The second-order valence-corrected chi connectivity index (χ2v) is 3.96. The fourth-order valence-electron chi connectivity index (χ4n) is 1.62. The number of carbonyl (C=O) groups excluding carboxylic acids is 2. The minimum absolute atomic E-state index is 0.217. The summed E-state index contributed by atoms with van der Waals surface area (Å²) in [6, 6.07) is 4.92. The second kappa shape index (κ2) is 4.91. The Morgan fingerprint density at radius 3 is 3.11 bits per heavy atom. The predicted molar refractivity (Wildman–Crippen MR) is 67.7 cm³/mol. The van der Waals surface area contributed by atoms with Crippen molar-refractivity contribution in [2.24, 2.45) is 0 Å². The molecule has 0 aliphatic carbocycles. The van der Waals surface area contributed by atoms with Crippen molar-refractivity contribution in [3.8, 4) is 5.75 Å². The molecule has 1 heterocycles. The Bertz CT molecular complexity index is 511. The average molecular weight is 246 g/mol. The Morgan fingerprint density at radius 1 is 1.61 bits per heavy atom. The van der Waals surface area contributed by atoms with E-state index in [-0.39, 0.29) is 11.8 Å². The number of hydrogen-bond acceptors (Lipinski definition) is 3. The van der Waals surface area contributed by atoms with Crippen LogP contribution in [0.4, 0.5) is 5.69 Å². The summed E-state index contributed by atoms with van der Waals surface area (Å²) in [4.78, 5) is 23.2. The van der Waals surface area contributed by atoms with E-state index in [2.05, 4.69) is 17.2 Å². The topological polar surface area (TPSA) is 67.4 Å². The number of anilines is 1. The van der Waals surface area contributed by atoms with Gasteiger partial charge in [-0.3, -0.25) is 9.59 Å². The van der Waals surface area contributed by atoms with Gasteiger partial charge in [-0.1, -0.05) is 6.08 Å². The normalized spacial score (nSPS) is 17.2. The summed E-state index contributed by atoms with van der Waals surface area (Å²) in [5.41, 5.74) is 0.985. The third-order valence-corrected chi connectivity index (χ3v) is 2.58. The minimum Gasteiger partial charge on any atom is -0.479 e. The Kier molecular flexibility index (Phi) is 3.32. The molecule has 0 radical (unpaired) electrons. The van der Waals surface area contributed by atoms with E-state index in [4.69, 9.17) is 4.74 Å². The highest BCUT2D eigenvalue weighted by molar-refractivity contribution is 6.00. The Hall–Kier alpha value is -2.30. The standard InChI is InChI=1S/C13H14N2O3/c1-3-6-14-13(17)9-4-5-11-10(7-9)15-12(16)8(2)18-11/h3-5,7-8H,1,6H2,2H3,(H,14,17)(H,15,16). The summed E-state index contributed by atoms with van der Waals surface area (Å²) in [7, 11) is 0. The van der Waals surface area contributed by atoms with Crippen molar-refractivity contribution in [1.82, 2.24) is 5.32 Å². The van der Waals surface area contributed by atoms with E-state index >= 15 is 0 Å². The Morgan fingerprint density at radius 2 is 2.39 bits per heavy atom. The fraction of sp³-hybridized carbons (Fsp3) is 0.231. The van der Waals surface area contributed by atoms with Gasteiger partial charge in [-0.25, -0.2) is 0 Å². The van der Waals surface area contributed by atoms with Crippen molar-refractivity contribution in [2.45, 2.75) is 13.0 Å². The number of benzene rings is 1. The zero-order chi connectivity index (χ0) is 13.1. The van der Waals surface area contributed by atoms with Gasteiger partial charge in [0.15, 0.2) is 6.10 Å². The first-order chi connectivity index (χ1) is 8.61. The summed E-state index contributed by atoms with van der Waals surface area (Å²) in [5, 5.41) is 5.36. The van der Waals surface area contributed by atoms with E-state index in [1.807, 2.05) is 0 Å². The maximum absolute atomic E-state index is 11.7. The van der Waals surface area contributed by atoms with Crippen molar-refractivity contribution in [3.05, 3.63) is 36.4 Å². The number of nitrogens with one attached hydrogen (secondary N) is 2. The lowest BCUT2D eigenvalue weighted by molar-refractivity contribution is -0.122. The summed E-state index contributed by atoms with van der Waals surface area (Å²) in [5.74, 6) is 0.138. The van der Waals surface area contributed by atoms with Crippen molar-refractivity contribution < 1.29 is 14.3 Å². The van der Waals surface area contributed by atoms with E-state index in [1.165, 1.54) is 0 Å². The molecule has 0 saturated carbocycles. The van der Waals surface area contributed by atoms with Gasteiger partial charge in [0.1, 0.15) is 5.75 Å². The van der Waals surface area contributed by atoms with Crippen LogP contribution in [0.5, 0.6) is 5.75 Å². The Labute approximate surface area is 105 Å². The van der Waals surface area contributed by atoms with Crippen molar-refractivity contribution in [2.75, 3.05) is 11.9 Å². The first-order valence-corrected chi connectivity index (χ1v) is 5.62. The quantitative estimate of drug-likeness (QED) is 0.790. The molecule has 5 heteroatoms. The Balaban J connectivity index is 2.22. The van der Waals surface area contributed by atoms with Gasteiger partial charge in [0.05, 0.1) is 5.69 Å². The molecule has 0 spiro atoms. The van der Waals surface area contributed by atoms with Crippen LogP contribution in [0.2, 0.25) is 0 Å². The van der Waals surface area contributed by atoms with Gasteiger partial charge in [0.25, 0.3) is 11.8 Å². The zero-order valence-electron chi connectivity index (χ0n) is 10.0. The van der Waals surface area contributed by atoms with E-state index in [0.717, 1.165) is 0 Å². The molecule has 1 aliphatic heterocycles. The van der Waals surface area contributed by atoms with Crippen LogP contribution >= 0.6 is 0 Å². The van der Waals surface area contributed by atoms with E-state index < -0.39 is 6.10 Å². The van der Waals surface area contributed by atoms with Crippen molar-refractivity contribution >= 4 is 17.5 Å². The number of ether oxygens (including phenoxy) is 1. The molecule has 1 aliphatic rings. The molecule has 1 atom stereocenters. The van der Waals surface area contributed by atoms with E-state index in [1.54, 1.807) is 31.2 Å². The highest BCUT2D eigenvalue weighted by Crippen LogP contribution is 2.30. The molecular weight excluding hydrogens is 232 g/mol. The van der Waals surface area contributed by atoms with Crippen LogP contribution in [0.25, 0.3) is 0 Å². The van der Waals surface area contributed by atoms with Crippen LogP contribution in [0.15, 0.2) is 30.9 Å². The lowest BCUT2D eigenvalue weighted by Crippen LogP contribution is -2.34. The molecule has 0 saturated heterocycles. The number of fused-ring (bicyclic) bond motifs is 1. The molecule has 18 heavy (non-hydrogen) atoms. The van der Waals surface area contributed by atoms with Gasteiger partial charge in [0.2, 0.25) is 0 Å². The molecule has 2 N–H and O–H groups in total. The summed E-state index contributed by atoms with van der Waals surface area (Å²) in [6.45, 7) is 5.59. The lowest BCUT2D eigenvalue weighted by Gasteiger charge is -2.23. The number of carbonyl (C=O) groups is 2. The molecule has 1 aromatic rings. The lowest BCUT2D eigenvalue weighted by atomic mass is 10.1. The van der Waals surface area contributed by atoms with Crippen molar-refractivity contribution in [1.29, 1.82) is 0 Å². The molecule has 94 valence electrons. The molecule has 0 aromatic heterocycles. The number of amides is 2. The summed E-state index contributed by atoms with van der Waals surface area (Å²) < 4.78 is 5.40. The molecule has 5 nitrogen and oxygen atoms in total. The van der Waals surface area contributed by atoms with Crippen LogP contribution in [0, 0.1) is 0 Å². The van der Waals surface area contributed by atoms with Crippen LogP contribution in [0.1, 0.15) is 17.3 Å². The fourth-order valence-corrected chi connectivity index (χ4v) is 1.62. The molecule has 1 aromatic carbocycles. The van der Waals surface area contributed by atoms with Gasteiger partial charge in [-0.15, -0.1) is 6.58 Å². The maximum atomic E-state index is 11.7. The minimum atomic E-state index is -0.516. The molecular formula is C13H14N2O3. The van der Waals surface area contributed by atoms with E-state index in [9.17, 15) is 9.59 Å². The van der Waals surface area contributed by atoms with Crippen LogP contribution in [-0.4, -0.2) is 24.5 Å². The van der Waals surface area contributed by atoms with Gasteiger partial charge >= 0.3 is 0 Å². The monoisotopic (exact) mass is 246 g/mol. The molecule has 0 fully saturated rings. The smallest absolute Gasteiger partial charge is 0.265 e. The SMILES string of the molecule is C=CCNC(=O)c1ccc2c(c1)NC(=O)C(C)O2. The van der Waals surface area contributed by atoms with Gasteiger partial charge in [-0.2, -0.15) is 0 Å². The second-order valence-electron chi connectivity index (χ2n) is 3.96. The van der Waals surface area contributed by atoms with E-state index in [0.29, 0.717) is 23.5 Å². The first-order valence-electron chi connectivity index (χ1n) is 5.62. The maximum Gasteiger partial charge on any atom is 0.265 e. The van der Waals surface area contributed by atoms with Crippen molar-refractivity contribution in [3.63, 3.8) is 0 Å². The van der Waals surface area contributed by atoms with Crippen LogP contribution in [0.3, 0.4) is 0 Å². The summed E-state index contributed by atoms with van der Waals surface area (Å²) >= 11 is 0. The third-order valence-electron chi connectivity index (χ3n) is 2.58. The average Bonchev–Trinajstić information content (AvgIpc) is 2.36. The summed E-state index contributed by atoms with van der Waals surface area (Å²) in [6.07, 6.45) is 1.08. The molecule has 2 rings (SSSR count). The van der Waals surface area contributed by atoms with Gasteiger partial charge < -0.3 is 15.4 Å². The molecule has 2 amide bonds. The highest BCUT2D eigenvalue weighted by atomic mass is 16.5. The predicted octanol–water partition coefficient (Wildman–Crippen LogP) is 1.32. The third kappa shape index (κ3) is 2.34. The van der Waals surface area contributed by atoms with Crippen LogP contribution in [-0.2, 0) is 4.79 Å². The number of hydrogen-bond donors (Lipinski definition) is 2. The molecule has 0 bridgehead atoms. The van der Waals surface area contributed by atoms with Gasteiger partial charge in [0, 0.05) is 12.1 Å². The van der Waals surface area contributed by atoms with Crippen LogP contribution < -0.4 is 15.4 Å². The molecule has 1 unspecified atom stereocenters. The first kappa shape index (κ1) is 12.2. The number of rotatable bonds is 3. The van der Waals surface area contributed by atoms with Gasteiger partial charge in [-0.05, 0) is 25.1 Å². The zero-order valence-corrected chi connectivity index (χ0v) is 10.0. The largest absolute Gasteiger partial charge is 0.479 e.